The Morgan fingerprint density at radius 3 is 2.36 bits per heavy atom. The standard InChI is InChI=1S/C32H42FIN2O3S3/c1-5-41(36-32(2,3)4)26-16-15-25(23-13-9-10-14-24(23)26)29-28(27(33)21-11-7-6-8-12-21)34-30(40-29)31(37)35-22-17-19-42(38,39)20-18-22/h5,9-10,13-16,21-22,27,36H,6-8,11-12,17-20H2,1-4H3,(H,35,37). The molecule has 42 heavy (non-hydrogen) atoms. The van der Waals surface area contributed by atoms with Crippen LogP contribution in [-0.4, -0.2) is 51.8 Å². The number of alkyl halides is 1. The Balaban J connectivity index is 1.51. The molecule has 2 unspecified atom stereocenters. The molecule has 230 valence electrons. The van der Waals surface area contributed by atoms with E-state index in [-0.39, 0.29) is 45.6 Å². The van der Waals surface area contributed by atoms with Crippen molar-refractivity contribution in [2.75, 3.05) is 11.5 Å². The molecule has 10 heteroatoms. The van der Waals surface area contributed by atoms with Crippen LogP contribution in [0.1, 0.15) is 78.2 Å². The second-order valence-electron chi connectivity index (χ2n) is 12.4. The highest BCUT2D eigenvalue weighted by molar-refractivity contribution is 14.2. The smallest absolute Gasteiger partial charge is 0.264 e. The Hall–Kier alpha value is -1.08. The number of nitrogens with one attached hydrogen (secondary N) is 2. The van der Waals surface area contributed by atoms with Gasteiger partial charge in [0.25, 0.3) is 5.91 Å². The summed E-state index contributed by atoms with van der Waals surface area (Å²) in [5.41, 5.74) is 0.951. The van der Waals surface area contributed by atoms with E-state index in [1.165, 1.54) is 23.1 Å². The molecule has 5 nitrogen and oxygen atoms in total. The maximum atomic E-state index is 16.5. The first-order valence-corrected chi connectivity index (χ1v) is 21.0. The van der Waals surface area contributed by atoms with Crippen LogP contribution >= 0.6 is 43.2 Å². The molecular formula is C32H42FIN2O3S3. The Labute approximate surface area is 267 Å². The molecule has 1 saturated carbocycles. The molecule has 2 aromatic rings. The monoisotopic (exact) mass is 744 g/mol. The Morgan fingerprint density at radius 1 is 1.05 bits per heavy atom. The fraction of sp³-hybridized carbons (Fsp3) is 0.531. The summed E-state index contributed by atoms with van der Waals surface area (Å²) >= 11 is 0.486. The van der Waals surface area contributed by atoms with Gasteiger partial charge in [0.05, 0.1) is 11.5 Å². The number of allylic oxidation sites excluding steroid dienone is 1. The zero-order valence-corrected chi connectivity index (χ0v) is 29.4. The van der Waals surface area contributed by atoms with Crippen molar-refractivity contribution < 1.29 is 17.6 Å². The molecule has 1 aliphatic carbocycles. The molecular weight excluding hydrogens is 702 g/mol. The molecule has 0 bridgehead atoms. The zero-order valence-electron chi connectivity index (χ0n) is 24.8. The van der Waals surface area contributed by atoms with Crippen LogP contribution in [0.4, 0.5) is 4.39 Å². The number of benzene rings is 2. The third kappa shape index (κ3) is 7.58. The average Bonchev–Trinajstić information content (AvgIpc) is 3.41. The summed E-state index contributed by atoms with van der Waals surface area (Å²) in [6.45, 7) is 8.60. The first-order chi connectivity index (χ1) is 20.0. The first-order valence-electron chi connectivity index (χ1n) is 14.9. The number of fused-ring (bicyclic) bond motifs is 1. The molecule has 2 atom stereocenters. The highest BCUT2D eigenvalue weighted by Crippen LogP contribution is 2.52. The van der Waals surface area contributed by atoms with Crippen molar-refractivity contribution in [2.24, 2.45) is 5.92 Å². The lowest BCUT2D eigenvalue weighted by atomic mass is 9.85. The van der Waals surface area contributed by atoms with Gasteiger partial charge in [-0.2, -0.15) is 0 Å². The van der Waals surface area contributed by atoms with E-state index in [0.29, 0.717) is 12.8 Å². The van der Waals surface area contributed by atoms with E-state index in [4.69, 9.17) is 0 Å². The number of hydrogen-bond acceptors (Lipinski definition) is 5. The number of rotatable bonds is 7. The van der Waals surface area contributed by atoms with Gasteiger partial charge in [0.1, 0.15) is 18.8 Å². The van der Waals surface area contributed by atoms with Crippen LogP contribution in [0, 0.1) is 5.92 Å². The van der Waals surface area contributed by atoms with Gasteiger partial charge in [-0.05, 0) is 87.1 Å². The van der Waals surface area contributed by atoms with E-state index < -0.39 is 36.7 Å². The van der Waals surface area contributed by atoms with Crippen molar-refractivity contribution in [3.8, 4) is 0 Å². The quantitative estimate of drug-likeness (QED) is 0.225. The SMILES string of the molecule is C/C=S(/NC(C)(C)C)c1ccc(C2=C(C(F)C3CCCCC3)I=C(C(=O)NC3CCS(=O)(=O)CC3)S2)c2ccccc12. The van der Waals surface area contributed by atoms with Crippen molar-refractivity contribution in [1.29, 1.82) is 0 Å². The minimum Gasteiger partial charge on any atom is -0.348 e. The number of amides is 1. The minimum absolute atomic E-state index is 0.0112. The van der Waals surface area contributed by atoms with Gasteiger partial charge in [0, 0.05) is 25.0 Å². The number of thioether (sulfide) groups is 1. The van der Waals surface area contributed by atoms with Crippen LogP contribution in [0.15, 0.2) is 44.9 Å². The van der Waals surface area contributed by atoms with Gasteiger partial charge >= 0.3 is 0 Å². The molecule has 2 aliphatic heterocycles. The fourth-order valence-electron chi connectivity index (χ4n) is 5.89. The van der Waals surface area contributed by atoms with E-state index in [9.17, 15) is 13.2 Å². The highest BCUT2D eigenvalue weighted by atomic mass is 127. The van der Waals surface area contributed by atoms with E-state index >= 15 is 4.39 Å². The van der Waals surface area contributed by atoms with Gasteiger partial charge in [0.15, 0.2) is 0 Å². The van der Waals surface area contributed by atoms with Crippen LogP contribution in [-0.2, 0) is 14.6 Å². The van der Waals surface area contributed by atoms with Gasteiger partial charge in [-0.15, -0.1) is 0 Å². The lowest BCUT2D eigenvalue weighted by Crippen LogP contribution is -2.42. The van der Waals surface area contributed by atoms with Crippen LogP contribution in [0.2, 0.25) is 0 Å². The molecule has 1 saturated heterocycles. The van der Waals surface area contributed by atoms with E-state index in [0.717, 1.165) is 53.3 Å². The third-order valence-electron chi connectivity index (χ3n) is 7.99. The summed E-state index contributed by atoms with van der Waals surface area (Å²) < 4.78 is 45.6. The van der Waals surface area contributed by atoms with Crippen molar-refractivity contribution in [2.45, 2.75) is 95.3 Å². The van der Waals surface area contributed by atoms with Crippen LogP contribution < -0.4 is 10.0 Å². The summed E-state index contributed by atoms with van der Waals surface area (Å²) in [6, 6.07) is 12.5. The van der Waals surface area contributed by atoms with Crippen LogP contribution in [0.5, 0.6) is 0 Å². The van der Waals surface area contributed by atoms with E-state index in [2.05, 4.69) is 73.4 Å². The lowest BCUT2D eigenvalue weighted by molar-refractivity contribution is -0.115. The molecule has 5 rings (SSSR count). The fourth-order valence-corrected chi connectivity index (χ4v) is 14.4. The average molecular weight is 745 g/mol. The molecule has 0 radical (unpaired) electrons. The summed E-state index contributed by atoms with van der Waals surface area (Å²) in [7, 11) is -3.28. The number of sulfone groups is 1. The van der Waals surface area contributed by atoms with Gasteiger partial charge in [-0.25, -0.2) is 12.8 Å². The van der Waals surface area contributed by atoms with Crippen molar-refractivity contribution in [3.05, 3.63) is 45.5 Å². The largest absolute Gasteiger partial charge is 0.348 e. The Bertz CT molecular complexity index is 1540. The molecule has 1 amide bonds. The predicted octanol–water partition coefficient (Wildman–Crippen LogP) is 7.72. The van der Waals surface area contributed by atoms with Crippen molar-refractivity contribution in [3.63, 3.8) is 0 Å². The topological polar surface area (TPSA) is 75.3 Å². The van der Waals surface area contributed by atoms with Gasteiger partial charge in [0.2, 0.25) is 0 Å². The minimum atomic E-state index is -3.01. The van der Waals surface area contributed by atoms with E-state index in [1.54, 1.807) is 0 Å². The second kappa shape index (κ2) is 13.5. The maximum Gasteiger partial charge on any atom is 0.264 e. The summed E-state index contributed by atoms with van der Waals surface area (Å²) in [5.74, 6) is 0.0880. The number of halogens is 2. The third-order valence-corrected chi connectivity index (χ3v) is 17.1. The normalized spacial score (nSPS) is 22.1. The summed E-state index contributed by atoms with van der Waals surface area (Å²) in [6.07, 6.45) is 4.94. The lowest BCUT2D eigenvalue weighted by Gasteiger charge is -2.26. The Morgan fingerprint density at radius 2 is 1.71 bits per heavy atom. The molecule has 0 aromatic heterocycles. The number of carbonyl (C=O) groups is 1. The van der Waals surface area contributed by atoms with Crippen molar-refractivity contribution in [1.82, 2.24) is 10.0 Å². The van der Waals surface area contributed by atoms with Gasteiger partial charge in [-0.3, -0.25) is 9.52 Å². The van der Waals surface area contributed by atoms with E-state index in [1.807, 2.05) is 6.07 Å². The molecule has 2 fully saturated rings. The molecule has 2 heterocycles. The van der Waals surface area contributed by atoms with Crippen molar-refractivity contribution >= 4 is 82.8 Å². The van der Waals surface area contributed by atoms with Gasteiger partial charge < -0.3 is 5.32 Å². The summed E-state index contributed by atoms with van der Waals surface area (Å²) in [4.78, 5) is 15.7. The molecule has 2 N–H and O–H groups in total. The molecule has 2 aromatic carbocycles. The van der Waals surface area contributed by atoms with Crippen LogP contribution in [0.25, 0.3) is 15.7 Å². The van der Waals surface area contributed by atoms with Gasteiger partial charge in [-0.1, -0.05) is 92.8 Å². The number of hydrogen-bond donors (Lipinski definition) is 2. The predicted molar refractivity (Wildman–Crippen MR) is 189 cm³/mol. The number of carbonyl (C=O) groups excluding carboxylic acids is 1. The second-order valence-corrected chi connectivity index (χ2v) is 21.1. The molecule has 0 spiro atoms. The van der Waals surface area contributed by atoms with Crippen LogP contribution in [0.3, 0.4) is 0 Å². The molecule has 3 aliphatic rings. The first kappa shape index (κ1) is 32.3. The zero-order chi connectivity index (χ0) is 30.1. The highest BCUT2D eigenvalue weighted by Gasteiger charge is 2.35. The summed E-state index contributed by atoms with van der Waals surface area (Å²) in [5, 5.41) is 7.55. The maximum absolute atomic E-state index is 16.5. The Kier molecular flexibility index (Phi) is 10.4.